The number of amides is 1. The number of nitrogens with one attached hydrogen (secondary N) is 2. The molecule has 1 atom stereocenters. The molecule has 0 radical (unpaired) electrons. The lowest BCUT2D eigenvalue weighted by Crippen LogP contribution is -2.38. The first-order valence-corrected chi connectivity index (χ1v) is 8.08. The van der Waals surface area contributed by atoms with Crippen LogP contribution >= 0.6 is 0 Å². The predicted molar refractivity (Wildman–Crippen MR) is 92.9 cm³/mol. The van der Waals surface area contributed by atoms with Crippen molar-refractivity contribution in [2.75, 3.05) is 0 Å². The molecule has 0 unspecified atom stereocenters. The van der Waals surface area contributed by atoms with Crippen LogP contribution in [0.15, 0.2) is 46.1 Å². The van der Waals surface area contributed by atoms with Crippen LogP contribution in [0.3, 0.4) is 0 Å². The Hall–Kier alpha value is -2.63. The van der Waals surface area contributed by atoms with Crippen molar-refractivity contribution in [1.29, 1.82) is 0 Å². The third-order valence-electron chi connectivity index (χ3n) is 3.94. The predicted octanol–water partition coefficient (Wildman–Crippen LogP) is 1.61. The van der Waals surface area contributed by atoms with E-state index in [1.54, 1.807) is 0 Å². The van der Waals surface area contributed by atoms with E-state index in [4.69, 9.17) is 0 Å². The van der Waals surface area contributed by atoms with Gasteiger partial charge in [0, 0.05) is 12.3 Å². The molecule has 0 aliphatic rings. The van der Waals surface area contributed by atoms with E-state index in [0.717, 1.165) is 12.0 Å². The van der Waals surface area contributed by atoms with Crippen LogP contribution in [-0.2, 0) is 17.8 Å². The highest BCUT2D eigenvalue weighted by atomic mass is 16.2. The van der Waals surface area contributed by atoms with Crippen molar-refractivity contribution >= 4 is 5.91 Å². The zero-order valence-corrected chi connectivity index (χ0v) is 14.2. The summed E-state index contributed by atoms with van der Waals surface area (Å²) in [6.45, 7) is 6.03. The molecule has 0 aliphatic carbocycles. The van der Waals surface area contributed by atoms with Crippen molar-refractivity contribution in [3.63, 3.8) is 0 Å². The van der Waals surface area contributed by atoms with Crippen molar-refractivity contribution < 1.29 is 4.79 Å². The number of H-pyrrole nitrogens is 1. The second-order valence-corrected chi connectivity index (χ2v) is 6.12. The van der Waals surface area contributed by atoms with Crippen LogP contribution in [0.4, 0.5) is 0 Å². The van der Waals surface area contributed by atoms with Gasteiger partial charge in [-0.05, 0) is 23.5 Å². The maximum Gasteiger partial charge on any atom is 0.328 e. The fourth-order valence-electron chi connectivity index (χ4n) is 2.54. The van der Waals surface area contributed by atoms with Crippen molar-refractivity contribution in [2.45, 2.75) is 39.8 Å². The van der Waals surface area contributed by atoms with Gasteiger partial charge in [0.1, 0.15) is 6.54 Å². The second kappa shape index (κ2) is 7.77. The highest BCUT2D eigenvalue weighted by molar-refractivity contribution is 5.76. The van der Waals surface area contributed by atoms with E-state index >= 15 is 0 Å². The average molecular weight is 329 g/mol. The van der Waals surface area contributed by atoms with Crippen molar-refractivity contribution in [3.05, 3.63) is 68.5 Å². The lowest BCUT2D eigenvalue weighted by atomic mass is 9.95. The number of rotatable bonds is 6. The summed E-state index contributed by atoms with van der Waals surface area (Å²) in [5, 5.41) is 2.97. The topological polar surface area (TPSA) is 84.0 Å². The summed E-state index contributed by atoms with van der Waals surface area (Å²) in [6.07, 6.45) is 2.29. The monoisotopic (exact) mass is 329 g/mol. The van der Waals surface area contributed by atoms with E-state index in [2.05, 4.69) is 29.4 Å². The molecule has 128 valence electrons. The quantitative estimate of drug-likeness (QED) is 0.844. The molecule has 6 nitrogen and oxygen atoms in total. The molecule has 0 bridgehead atoms. The largest absolute Gasteiger partial charge is 0.347 e. The van der Waals surface area contributed by atoms with Gasteiger partial charge in [-0.2, -0.15) is 0 Å². The fourth-order valence-corrected chi connectivity index (χ4v) is 2.54. The van der Waals surface area contributed by atoms with E-state index in [1.165, 1.54) is 22.4 Å². The Morgan fingerprint density at radius 2 is 1.83 bits per heavy atom. The normalized spacial score (nSPS) is 12.2. The number of nitrogens with zero attached hydrogens (tertiary/aromatic N) is 1. The molecule has 6 heteroatoms. The molecule has 0 saturated carbocycles. The number of hydrogen-bond acceptors (Lipinski definition) is 3. The average Bonchev–Trinajstić information content (AvgIpc) is 2.55. The first-order valence-electron chi connectivity index (χ1n) is 8.08. The second-order valence-electron chi connectivity index (χ2n) is 6.12. The SMILES string of the molecule is CCc1ccc([C@@H](NC(=O)Cn2ccc(=O)[nH]c2=O)C(C)C)cc1. The summed E-state index contributed by atoms with van der Waals surface area (Å²) < 4.78 is 1.17. The zero-order chi connectivity index (χ0) is 17.7. The maximum absolute atomic E-state index is 12.3. The van der Waals surface area contributed by atoms with Gasteiger partial charge in [0.25, 0.3) is 5.56 Å². The molecule has 1 aromatic carbocycles. The Morgan fingerprint density at radius 1 is 1.17 bits per heavy atom. The van der Waals surface area contributed by atoms with Gasteiger partial charge >= 0.3 is 5.69 Å². The van der Waals surface area contributed by atoms with Gasteiger partial charge in [-0.1, -0.05) is 45.0 Å². The Kier molecular flexibility index (Phi) is 5.73. The van der Waals surface area contributed by atoms with Crippen molar-refractivity contribution in [2.24, 2.45) is 5.92 Å². The summed E-state index contributed by atoms with van der Waals surface area (Å²) in [4.78, 5) is 37.2. The number of benzene rings is 1. The van der Waals surface area contributed by atoms with Crippen molar-refractivity contribution in [3.8, 4) is 0 Å². The van der Waals surface area contributed by atoms with E-state index in [0.29, 0.717) is 0 Å². The highest BCUT2D eigenvalue weighted by Crippen LogP contribution is 2.22. The molecule has 0 spiro atoms. The van der Waals surface area contributed by atoms with Crippen LogP contribution in [0.25, 0.3) is 0 Å². The van der Waals surface area contributed by atoms with Crippen molar-refractivity contribution in [1.82, 2.24) is 14.9 Å². The van der Waals surface area contributed by atoms with Crippen LogP contribution in [0, 0.1) is 5.92 Å². The summed E-state index contributed by atoms with van der Waals surface area (Å²) in [7, 11) is 0. The van der Waals surface area contributed by atoms with E-state index in [1.807, 2.05) is 26.0 Å². The minimum Gasteiger partial charge on any atom is -0.347 e. The molecule has 2 N–H and O–H groups in total. The number of carbonyl (C=O) groups is 1. The lowest BCUT2D eigenvalue weighted by Gasteiger charge is -2.23. The Bertz CT molecular complexity index is 803. The molecular weight excluding hydrogens is 306 g/mol. The molecule has 0 aliphatic heterocycles. The molecule has 1 amide bonds. The minimum absolute atomic E-state index is 0.133. The first-order chi connectivity index (χ1) is 11.4. The van der Waals surface area contributed by atoms with Crippen LogP contribution in [0.5, 0.6) is 0 Å². The Labute approximate surface area is 140 Å². The Balaban J connectivity index is 2.13. The smallest absolute Gasteiger partial charge is 0.328 e. The highest BCUT2D eigenvalue weighted by Gasteiger charge is 2.18. The molecular formula is C18H23N3O3. The van der Waals surface area contributed by atoms with Gasteiger partial charge in [-0.25, -0.2) is 4.79 Å². The van der Waals surface area contributed by atoms with Gasteiger partial charge in [0.15, 0.2) is 0 Å². The van der Waals surface area contributed by atoms with E-state index in [9.17, 15) is 14.4 Å². The van der Waals surface area contributed by atoms with E-state index in [-0.39, 0.29) is 24.4 Å². The summed E-state index contributed by atoms with van der Waals surface area (Å²) in [6, 6.07) is 9.25. The summed E-state index contributed by atoms with van der Waals surface area (Å²) in [5.74, 6) is -0.0730. The molecule has 1 aromatic heterocycles. The Morgan fingerprint density at radius 3 is 2.38 bits per heavy atom. The number of aryl methyl sites for hydroxylation is 1. The fraction of sp³-hybridized carbons (Fsp3) is 0.389. The van der Waals surface area contributed by atoms with Gasteiger partial charge in [0.05, 0.1) is 6.04 Å². The van der Waals surface area contributed by atoms with Crippen LogP contribution in [0.2, 0.25) is 0 Å². The maximum atomic E-state index is 12.3. The zero-order valence-electron chi connectivity index (χ0n) is 14.2. The molecule has 24 heavy (non-hydrogen) atoms. The van der Waals surface area contributed by atoms with Gasteiger partial charge in [-0.15, -0.1) is 0 Å². The van der Waals surface area contributed by atoms with E-state index < -0.39 is 11.2 Å². The molecule has 2 rings (SSSR count). The van der Waals surface area contributed by atoms with Crippen LogP contribution in [-0.4, -0.2) is 15.5 Å². The van der Waals surface area contributed by atoms with Gasteiger partial charge in [0.2, 0.25) is 5.91 Å². The van der Waals surface area contributed by atoms with Crippen LogP contribution in [0.1, 0.15) is 37.9 Å². The van der Waals surface area contributed by atoms with Gasteiger partial charge < -0.3 is 5.32 Å². The lowest BCUT2D eigenvalue weighted by molar-refractivity contribution is -0.122. The molecule has 0 fully saturated rings. The summed E-state index contributed by atoms with van der Waals surface area (Å²) >= 11 is 0. The van der Waals surface area contributed by atoms with Crippen LogP contribution < -0.4 is 16.6 Å². The summed E-state index contributed by atoms with van der Waals surface area (Å²) in [5.41, 5.74) is 1.20. The number of aromatic nitrogens is 2. The first kappa shape index (κ1) is 17.7. The van der Waals surface area contributed by atoms with Gasteiger partial charge in [-0.3, -0.25) is 19.1 Å². The number of aromatic amines is 1. The minimum atomic E-state index is -0.592. The standard InChI is InChI=1S/C18H23N3O3/c1-4-13-5-7-14(8-6-13)17(12(2)3)19-16(23)11-21-10-9-15(22)20-18(21)24/h5-10,12,17H,4,11H2,1-3H3,(H,19,23)(H,20,22,24)/t17-/m0/s1. The third kappa shape index (κ3) is 4.44. The third-order valence-corrected chi connectivity index (χ3v) is 3.94. The molecule has 2 aromatic rings. The number of hydrogen-bond donors (Lipinski definition) is 2. The molecule has 0 saturated heterocycles. The number of carbonyl (C=O) groups excluding carboxylic acids is 1. The molecule has 1 heterocycles.